The number of carbonyl (C=O) groups is 1. The quantitative estimate of drug-likeness (QED) is 0.786. The summed E-state index contributed by atoms with van der Waals surface area (Å²) < 4.78 is 1.79. The summed E-state index contributed by atoms with van der Waals surface area (Å²) in [7, 11) is 0. The first kappa shape index (κ1) is 17.0. The molecule has 2 rings (SSSR count). The van der Waals surface area contributed by atoms with E-state index in [1.54, 1.807) is 15.6 Å². The molecule has 0 bridgehead atoms. The molecule has 2 aromatic rings. The average Bonchev–Trinajstić information content (AvgIpc) is 2.99. The second-order valence-corrected chi connectivity index (χ2v) is 5.38. The molecule has 0 spiro atoms. The first-order valence-electron chi connectivity index (χ1n) is 7.97. The van der Waals surface area contributed by atoms with E-state index in [1.165, 1.54) is 0 Å². The Bertz CT molecular complexity index is 598. The van der Waals surface area contributed by atoms with Gasteiger partial charge in [-0.3, -0.25) is 10.00 Å². The van der Waals surface area contributed by atoms with Crippen molar-refractivity contribution in [2.45, 2.75) is 26.3 Å². The summed E-state index contributed by atoms with van der Waals surface area (Å²) in [5, 5.41) is 16.2. The van der Waals surface area contributed by atoms with Crippen LogP contribution >= 0.6 is 0 Å². The maximum Gasteiger partial charge on any atom is 0.323 e. The smallest absolute Gasteiger partial charge is 0.323 e. The molecule has 1 heterocycles. The van der Waals surface area contributed by atoms with Gasteiger partial charge in [-0.2, -0.15) is 5.10 Å². The molecule has 0 atom stereocenters. The van der Waals surface area contributed by atoms with Gasteiger partial charge in [-0.15, -0.1) is 0 Å². The predicted octanol–water partition coefficient (Wildman–Crippen LogP) is 2.56. The zero-order valence-electron chi connectivity index (χ0n) is 13.5. The van der Waals surface area contributed by atoms with E-state index < -0.39 is 0 Å². The zero-order valence-corrected chi connectivity index (χ0v) is 13.5. The topological polar surface area (TPSA) is 70.4 Å². The third kappa shape index (κ3) is 5.41. The first-order valence-corrected chi connectivity index (χ1v) is 7.97. The monoisotopic (exact) mass is 316 g/mol. The van der Waals surface area contributed by atoms with Crippen LogP contribution in [0.5, 0.6) is 0 Å². The molecule has 0 fully saturated rings. The van der Waals surface area contributed by atoms with Crippen LogP contribution < -0.4 is 5.32 Å². The number of urea groups is 1. The normalized spacial score (nSPS) is 10.5. The second-order valence-electron chi connectivity index (χ2n) is 5.38. The first-order chi connectivity index (χ1) is 11.2. The van der Waals surface area contributed by atoms with Crippen LogP contribution in [0.1, 0.15) is 25.3 Å². The number of benzene rings is 1. The third-order valence-electron chi connectivity index (χ3n) is 3.50. The van der Waals surface area contributed by atoms with Crippen molar-refractivity contribution in [2.75, 3.05) is 25.0 Å². The van der Waals surface area contributed by atoms with E-state index in [-0.39, 0.29) is 12.6 Å². The molecular formula is C17H24N4O2. The van der Waals surface area contributed by atoms with Crippen molar-refractivity contribution in [3.8, 4) is 0 Å². The van der Waals surface area contributed by atoms with E-state index in [4.69, 9.17) is 5.11 Å². The SMILES string of the molecule is CCCCN(CCO)C(=O)Nc1ccn(Cc2ccccc2)n1. The Morgan fingerprint density at radius 2 is 2.04 bits per heavy atom. The fourth-order valence-corrected chi connectivity index (χ4v) is 2.26. The number of aliphatic hydroxyl groups is 1. The van der Waals surface area contributed by atoms with Crippen molar-refractivity contribution in [1.82, 2.24) is 14.7 Å². The number of amides is 2. The molecule has 0 saturated heterocycles. The summed E-state index contributed by atoms with van der Waals surface area (Å²) in [6.07, 6.45) is 3.75. The Labute approximate surface area is 136 Å². The molecule has 0 saturated carbocycles. The van der Waals surface area contributed by atoms with E-state index >= 15 is 0 Å². The Morgan fingerprint density at radius 3 is 2.74 bits per heavy atom. The number of anilines is 1. The standard InChI is InChI=1S/C17H24N4O2/c1-2-3-10-20(12-13-22)17(23)18-16-9-11-21(19-16)14-15-7-5-4-6-8-15/h4-9,11,22H,2-3,10,12-14H2,1H3,(H,18,19,23). The van der Waals surface area contributed by atoms with Gasteiger partial charge < -0.3 is 10.0 Å². The highest BCUT2D eigenvalue weighted by Crippen LogP contribution is 2.08. The highest BCUT2D eigenvalue weighted by atomic mass is 16.3. The van der Waals surface area contributed by atoms with Gasteiger partial charge in [-0.1, -0.05) is 43.7 Å². The van der Waals surface area contributed by atoms with E-state index in [1.807, 2.05) is 36.5 Å². The van der Waals surface area contributed by atoms with Gasteiger partial charge in [0.2, 0.25) is 0 Å². The van der Waals surface area contributed by atoms with Gasteiger partial charge in [0.1, 0.15) is 0 Å². The summed E-state index contributed by atoms with van der Waals surface area (Å²) in [6.45, 7) is 3.65. The molecule has 0 unspecified atom stereocenters. The third-order valence-corrected chi connectivity index (χ3v) is 3.50. The van der Waals surface area contributed by atoms with Gasteiger partial charge in [0.25, 0.3) is 0 Å². The second kappa shape index (κ2) is 8.95. The molecule has 0 radical (unpaired) electrons. The van der Waals surface area contributed by atoms with E-state index in [2.05, 4.69) is 17.3 Å². The number of aromatic nitrogens is 2. The van der Waals surface area contributed by atoms with Crippen LogP contribution in [-0.4, -0.2) is 45.5 Å². The molecule has 6 heteroatoms. The largest absolute Gasteiger partial charge is 0.395 e. The lowest BCUT2D eigenvalue weighted by Crippen LogP contribution is -2.37. The Balaban J connectivity index is 1.93. The summed E-state index contributed by atoms with van der Waals surface area (Å²) in [6, 6.07) is 11.6. The number of nitrogens with one attached hydrogen (secondary N) is 1. The molecule has 1 aromatic carbocycles. The summed E-state index contributed by atoms with van der Waals surface area (Å²) >= 11 is 0. The van der Waals surface area contributed by atoms with Gasteiger partial charge in [-0.05, 0) is 12.0 Å². The summed E-state index contributed by atoms with van der Waals surface area (Å²) in [4.78, 5) is 13.8. The van der Waals surface area contributed by atoms with Gasteiger partial charge in [0.05, 0.1) is 13.2 Å². The number of aliphatic hydroxyl groups excluding tert-OH is 1. The zero-order chi connectivity index (χ0) is 16.5. The molecule has 0 aliphatic heterocycles. The fourth-order valence-electron chi connectivity index (χ4n) is 2.26. The van der Waals surface area contributed by atoms with E-state index in [0.717, 1.165) is 18.4 Å². The Hall–Kier alpha value is -2.34. The molecule has 2 N–H and O–H groups in total. The van der Waals surface area contributed by atoms with Crippen LogP contribution in [0, 0.1) is 0 Å². The predicted molar refractivity (Wildman–Crippen MR) is 90.4 cm³/mol. The maximum absolute atomic E-state index is 12.2. The highest BCUT2D eigenvalue weighted by molar-refractivity contribution is 5.88. The lowest BCUT2D eigenvalue weighted by molar-refractivity contribution is 0.187. The molecule has 2 amide bonds. The van der Waals surface area contributed by atoms with Crippen LogP contribution in [0.2, 0.25) is 0 Å². The van der Waals surface area contributed by atoms with Gasteiger partial charge in [0.15, 0.2) is 5.82 Å². The maximum atomic E-state index is 12.2. The number of hydrogen-bond donors (Lipinski definition) is 2. The van der Waals surface area contributed by atoms with E-state index in [0.29, 0.717) is 25.5 Å². The Kier molecular flexibility index (Phi) is 6.62. The van der Waals surface area contributed by atoms with Crippen molar-refractivity contribution >= 4 is 11.8 Å². The Morgan fingerprint density at radius 1 is 1.26 bits per heavy atom. The minimum atomic E-state index is -0.225. The number of hydrogen-bond acceptors (Lipinski definition) is 3. The van der Waals surface area contributed by atoms with Crippen molar-refractivity contribution in [3.05, 3.63) is 48.2 Å². The molecular weight excluding hydrogens is 292 g/mol. The average molecular weight is 316 g/mol. The minimum absolute atomic E-state index is 0.0421. The molecule has 6 nitrogen and oxygen atoms in total. The van der Waals surface area contributed by atoms with Crippen molar-refractivity contribution in [3.63, 3.8) is 0 Å². The van der Waals surface area contributed by atoms with Gasteiger partial charge in [-0.25, -0.2) is 4.79 Å². The van der Waals surface area contributed by atoms with Crippen LogP contribution in [0.3, 0.4) is 0 Å². The molecule has 124 valence electrons. The molecule has 23 heavy (non-hydrogen) atoms. The van der Waals surface area contributed by atoms with Crippen molar-refractivity contribution < 1.29 is 9.90 Å². The number of unbranched alkanes of at least 4 members (excludes halogenated alkanes) is 1. The number of rotatable bonds is 8. The van der Waals surface area contributed by atoms with Crippen molar-refractivity contribution in [2.24, 2.45) is 0 Å². The molecule has 0 aliphatic carbocycles. The lowest BCUT2D eigenvalue weighted by atomic mass is 10.2. The fraction of sp³-hybridized carbons (Fsp3) is 0.412. The molecule has 1 aromatic heterocycles. The van der Waals surface area contributed by atoms with Gasteiger partial charge in [0, 0.05) is 25.4 Å². The van der Waals surface area contributed by atoms with Crippen LogP contribution in [0.4, 0.5) is 10.6 Å². The lowest BCUT2D eigenvalue weighted by Gasteiger charge is -2.21. The highest BCUT2D eigenvalue weighted by Gasteiger charge is 2.13. The van der Waals surface area contributed by atoms with E-state index in [9.17, 15) is 4.79 Å². The summed E-state index contributed by atoms with van der Waals surface area (Å²) in [5.41, 5.74) is 1.15. The van der Waals surface area contributed by atoms with Crippen LogP contribution in [0.25, 0.3) is 0 Å². The minimum Gasteiger partial charge on any atom is -0.395 e. The van der Waals surface area contributed by atoms with Gasteiger partial charge >= 0.3 is 6.03 Å². The molecule has 0 aliphatic rings. The van der Waals surface area contributed by atoms with Crippen LogP contribution in [0.15, 0.2) is 42.6 Å². The number of nitrogens with zero attached hydrogens (tertiary/aromatic N) is 3. The van der Waals surface area contributed by atoms with Crippen LogP contribution in [-0.2, 0) is 6.54 Å². The summed E-state index contributed by atoms with van der Waals surface area (Å²) in [5.74, 6) is 0.519. The van der Waals surface area contributed by atoms with Crippen molar-refractivity contribution in [1.29, 1.82) is 0 Å². The number of carbonyl (C=O) groups excluding carboxylic acids is 1.